The number of anilines is 1. The average Bonchev–Trinajstić information content (AvgIpc) is 2.38. The first kappa shape index (κ1) is 16.9. The molecule has 0 saturated carbocycles. The fourth-order valence-corrected chi connectivity index (χ4v) is 2.04. The molecule has 5 nitrogen and oxygen atoms in total. The Morgan fingerprint density at radius 3 is 2.38 bits per heavy atom. The number of hydrogen-bond acceptors (Lipinski definition) is 3. The first-order valence-corrected chi connectivity index (χ1v) is 6.99. The molecule has 0 heterocycles. The van der Waals surface area contributed by atoms with E-state index in [1.54, 1.807) is 29.2 Å². The Hall–Kier alpha value is -2.17. The quantitative estimate of drug-likeness (QED) is 0.818. The van der Waals surface area contributed by atoms with Gasteiger partial charge < -0.3 is 10.2 Å². The second-order valence-electron chi connectivity index (χ2n) is 5.24. The van der Waals surface area contributed by atoms with E-state index in [0.717, 1.165) is 0 Å². The molecule has 0 bridgehead atoms. The number of nitrogens with zero attached hydrogens (tertiary/aromatic N) is 1. The minimum atomic E-state index is -0.178. The van der Waals surface area contributed by atoms with E-state index in [4.69, 9.17) is 0 Å². The van der Waals surface area contributed by atoms with Crippen LogP contribution in [0.15, 0.2) is 24.3 Å². The van der Waals surface area contributed by atoms with Gasteiger partial charge in [0.15, 0.2) is 5.78 Å². The monoisotopic (exact) mass is 290 g/mol. The maximum atomic E-state index is 11.9. The third-order valence-electron chi connectivity index (χ3n) is 3.16. The number of Topliss-reactive ketones (excluding diaryl/α,β-unsaturated/α-hetero) is 1. The number of nitrogens with one attached hydrogen (secondary N) is 1. The lowest BCUT2D eigenvalue weighted by Gasteiger charge is -2.24. The molecule has 0 radical (unpaired) electrons. The number of ketones is 1. The fourth-order valence-electron chi connectivity index (χ4n) is 2.04. The largest absolute Gasteiger partial charge is 0.340 e. The van der Waals surface area contributed by atoms with Crippen molar-refractivity contribution in [3.05, 3.63) is 29.8 Å². The van der Waals surface area contributed by atoms with Crippen LogP contribution in [0.25, 0.3) is 0 Å². The van der Waals surface area contributed by atoms with Gasteiger partial charge in [-0.25, -0.2) is 0 Å². The van der Waals surface area contributed by atoms with Crippen LogP contribution in [0.5, 0.6) is 0 Å². The van der Waals surface area contributed by atoms with Crippen LogP contribution in [-0.4, -0.2) is 35.1 Å². The first-order chi connectivity index (χ1) is 9.81. The van der Waals surface area contributed by atoms with E-state index in [1.165, 1.54) is 13.8 Å². The summed E-state index contributed by atoms with van der Waals surface area (Å²) in [5, 5.41) is 2.74. The zero-order chi connectivity index (χ0) is 16.0. The molecule has 1 rings (SSSR count). The van der Waals surface area contributed by atoms with Crippen LogP contribution in [-0.2, 0) is 9.59 Å². The van der Waals surface area contributed by atoms with Gasteiger partial charge in [-0.05, 0) is 32.9 Å². The minimum absolute atomic E-state index is 0.0450. The van der Waals surface area contributed by atoms with Crippen LogP contribution in [0.2, 0.25) is 0 Å². The smallest absolute Gasteiger partial charge is 0.226 e. The van der Waals surface area contributed by atoms with Crippen LogP contribution < -0.4 is 5.32 Å². The molecule has 5 heteroatoms. The van der Waals surface area contributed by atoms with E-state index >= 15 is 0 Å². The lowest BCUT2D eigenvalue weighted by molar-refractivity contribution is -0.130. The molecule has 1 aromatic carbocycles. The van der Waals surface area contributed by atoms with Crippen molar-refractivity contribution in [2.75, 3.05) is 11.9 Å². The third-order valence-corrected chi connectivity index (χ3v) is 3.16. The number of carbonyl (C=O) groups excluding carboxylic acids is 3. The molecule has 0 aliphatic heterocycles. The topological polar surface area (TPSA) is 66.5 Å². The van der Waals surface area contributed by atoms with Crippen molar-refractivity contribution in [3.8, 4) is 0 Å². The lowest BCUT2D eigenvalue weighted by atomic mass is 10.1. The number of hydrogen-bond donors (Lipinski definition) is 1. The number of carbonyl (C=O) groups is 3. The zero-order valence-corrected chi connectivity index (χ0v) is 13.0. The standard InChI is InChI=1S/C16H22N2O3/c1-11(2)18(13(4)20)9-8-16(21)17-15-7-5-6-14(10-15)12(3)19/h5-7,10-11H,8-9H2,1-4H3,(H,17,21). The molecular formula is C16H22N2O3. The van der Waals surface area contributed by atoms with Crippen molar-refractivity contribution >= 4 is 23.3 Å². The predicted molar refractivity (Wildman–Crippen MR) is 82.2 cm³/mol. The van der Waals surface area contributed by atoms with Crippen LogP contribution >= 0.6 is 0 Å². The summed E-state index contributed by atoms with van der Waals surface area (Å²) < 4.78 is 0. The summed E-state index contributed by atoms with van der Waals surface area (Å²) in [6.45, 7) is 7.18. The van der Waals surface area contributed by atoms with Gasteiger partial charge in [0.25, 0.3) is 0 Å². The summed E-state index contributed by atoms with van der Waals surface area (Å²) in [5.74, 6) is -0.271. The molecule has 0 fully saturated rings. The Balaban J connectivity index is 2.60. The van der Waals surface area contributed by atoms with Gasteiger partial charge >= 0.3 is 0 Å². The maximum absolute atomic E-state index is 11.9. The summed E-state index contributed by atoms with van der Waals surface area (Å²) in [6.07, 6.45) is 0.224. The highest BCUT2D eigenvalue weighted by molar-refractivity contribution is 5.97. The van der Waals surface area contributed by atoms with Crippen LogP contribution in [0.3, 0.4) is 0 Å². The Bertz CT molecular complexity index is 538. The van der Waals surface area contributed by atoms with E-state index in [9.17, 15) is 14.4 Å². The Morgan fingerprint density at radius 2 is 1.86 bits per heavy atom. The zero-order valence-electron chi connectivity index (χ0n) is 13.0. The number of amides is 2. The lowest BCUT2D eigenvalue weighted by Crippen LogP contribution is -2.37. The molecular weight excluding hydrogens is 268 g/mol. The SMILES string of the molecule is CC(=O)c1cccc(NC(=O)CCN(C(C)=O)C(C)C)c1. The van der Waals surface area contributed by atoms with Gasteiger partial charge in [0.2, 0.25) is 11.8 Å². The van der Waals surface area contributed by atoms with E-state index in [1.807, 2.05) is 13.8 Å². The summed E-state index contributed by atoms with van der Waals surface area (Å²) >= 11 is 0. The number of benzene rings is 1. The molecule has 114 valence electrons. The molecule has 1 N–H and O–H groups in total. The van der Waals surface area contributed by atoms with Crippen LogP contribution in [0.4, 0.5) is 5.69 Å². The molecule has 0 saturated heterocycles. The highest BCUT2D eigenvalue weighted by Crippen LogP contribution is 2.12. The molecule has 0 spiro atoms. The molecule has 0 atom stereocenters. The second kappa shape index (κ2) is 7.57. The van der Waals surface area contributed by atoms with Gasteiger partial charge in [-0.15, -0.1) is 0 Å². The van der Waals surface area contributed by atoms with E-state index in [0.29, 0.717) is 17.8 Å². The fraction of sp³-hybridized carbons (Fsp3) is 0.438. The Morgan fingerprint density at radius 1 is 1.19 bits per heavy atom. The van der Waals surface area contributed by atoms with Crippen LogP contribution in [0.1, 0.15) is 44.5 Å². The molecule has 21 heavy (non-hydrogen) atoms. The summed E-state index contributed by atoms with van der Waals surface area (Å²) in [4.78, 5) is 36.3. The molecule has 2 amide bonds. The molecule has 1 aromatic rings. The van der Waals surface area contributed by atoms with Crippen molar-refractivity contribution in [1.82, 2.24) is 4.90 Å². The highest BCUT2D eigenvalue weighted by atomic mass is 16.2. The second-order valence-corrected chi connectivity index (χ2v) is 5.24. The van der Waals surface area contributed by atoms with Crippen molar-refractivity contribution in [2.24, 2.45) is 0 Å². The van der Waals surface area contributed by atoms with Crippen molar-refractivity contribution in [1.29, 1.82) is 0 Å². The van der Waals surface area contributed by atoms with Gasteiger partial charge in [0.1, 0.15) is 0 Å². The highest BCUT2D eigenvalue weighted by Gasteiger charge is 2.14. The van der Waals surface area contributed by atoms with Gasteiger partial charge in [-0.3, -0.25) is 14.4 Å². The summed E-state index contributed by atoms with van der Waals surface area (Å²) in [5.41, 5.74) is 1.15. The molecule has 0 aliphatic rings. The minimum Gasteiger partial charge on any atom is -0.340 e. The van der Waals surface area contributed by atoms with Crippen molar-refractivity contribution in [2.45, 2.75) is 40.2 Å². The Labute approximate surface area is 125 Å². The molecule has 0 aromatic heterocycles. The predicted octanol–water partition coefficient (Wildman–Crippen LogP) is 2.47. The molecule has 0 unspecified atom stereocenters. The first-order valence-electron chi connectivity index (χ1n) is 6.99. The van der Waals surface area contributed by atoms with Gasteiger partial charge in [-0.1, -0.05) is 12.1 Å². The summed E-state index contributed by atoms with van der Waals surface area (Å²) in [7, 11) is 0. The normalized spacial score (nSPS) is 10.3. The van der Waals surface area contributed by atoms with Gasteiger partial charge in [0.05, 0.1) is 0 Å². The van der Waals surface area contributed by atoms with E-state index in [2.05, 4.69) is 5.32 Å². The maximum Gasteiger partial charge on any atom is 0.226 e. The average molecular weight is 290 g/mol. The van der Waals surface area contributed by atoms with E-state index < -0.39 is 0 Å². The number of rotatable bonds is 6. The van der Waals surface area contributed by atoms with E-state index in [-0.39, 0.29) is 30.1 Å². The van der Waals surface area contributed by atoms with Gasteiger partial charge in [-0.2, -0.15) is 0 Å². The summed E-state index contributed by atoms with van der Waals surface area (Å²) in [6, 6.07) is 6.87. The van der Waals surface area contributed by atoms with Crippen molar-refractivity contribution < 1.29 is 14.4 Å². The van der Waals surface area contributed by atoms with Gasteiger partial charge in [0, 0.05) is 37.2 Å². The van der Waals surface area contributed by atoms with Crippen molar-refractivity contribution in [3.63, 3.8) is 0 Å². The molecule has 0 aliphatic carbocycles. The third kappa shape index (κ3) is 5.38. The van der Waals surface area contributed by atoms with Crippen LogP contribution in [0, 0.1) is 0 Å². The Kier molecular flexibility index (Phi) is 6.09.